The number of hydrogen-bond acceptors (Lipinski definition) is 2. The highest BCUT2D eigenvalue weighted by molar-refractivity contribution is 7.86. The fourth-order valence-electron chi connectivity index (χ4n) is 8.12. The Kier molecular flexibility index (Phi) is 7.38. The molecule has 2 heterocycles. The average Bonchev–Trinajstić information content (AvgIpc) is 3.59. The summed E-state index contributed by atoms with van der Waals surface area (Å²) in [6, 6.07) is 64.6. The lowest BCUT2D eigenvalue weighted by atomic mass is 10.0. The third-order valence-corrected chi connectivity index (χ3v) is 18.3. The zero-order valence-electron chi connectivity index (χ0n) is 27.8. The molecule has 1 atom stereocenters. The van der Waals surface area contributed by atoms with E-state index in [9.17, 15) is 0 Å². The number of rotatable bonds is 7. The van der Waals surface area contributed by atoms with Crippen LogP contribution in [0.15, 0.2) is 182 Å². The lowest BCUT2D eigenvalue weighted by Crippen LogP contribution is -2.74. The van der Waals surface area contributed by atoms with Gasteiger partial charge in [-0.25, -0.2) is 4.98 Å². The number of imidazole rings is 1. The van der Waals surface area contributed by atoms with Crippen molar-refractivity contribution < 1.29 is 4.57 Å². The molecule has 8 aromatic rings. The number of fused-ring (bicyclic) bond motifs is 2. The minimum Gasteiger partial charge on any atom is -0.308 e. The predicted molar refractivity (Wildman–Crippen MR) is 212 cm³/mol. The van der Waals surface area contributed by atoms with Gasteiger partial charge in [-0.2, -0.15) is 0 Å². The van der Waals surface area contributed by atoms with Gasteiger partial charge in [0.2, 0.25) is 0 Å². The van der Waals surface area contributed by atoms with Crippen LogP contribution in [0.25, 0.3) is 27.8 Å². The molecule has 0 bridgehead atoms. The van der Waals surface area contributed by atoms with Crippen LogP contribution in [-0.2, 0) is 11.0 Å². The number of nitrogens with zero attached hydrogens (tertiary/aromatic N) is 2. The summed E-state index contributed by atoms with van der Waals surface area (Å²) in [7, 11) is -5.81. The van der Waals surface area contributed by atoms with Crippen LogP contribution in [0.1, 0.15) is 12.7 Å². The molecule has 9 rings (SSSR count). The molecule has 7 aromatic carbocycles. The van der Waals surface area contributed by atoms with Crippen molar-refractivity contribution in [1.82, 2.24) is 9.55 Å². The highest BCUT2D eigenvalue weighted by Gasteiger charge is 2.42. The Bertz CT molecular complexity index is 2430. The zero-order valence-corrected chi connectivity index (χ0v) is 29.7. The molecule has 3 nitrogen and oxygen atoms in total. The van der Waals surface area contributed by atoms with Crippen LogP contribution in [0.4, 0.5) is 0 Å². The lowest BCUT2D eigenvalue weighted by Gasteiger charge is -2.34. The van der Waals surface area contributed by atoms with Gasteiger partial charge >= 0.3 is 0 Å². The molecule has 0 N–H and O–H groups in total. The van der Waals surface area contributed by atoms with Crippen molar-refractivity contribution in [3.05, 3.63) is 188 Å². The van der Waals surface area contributed by atoms with Gasteiger partial charge in [-0.3, -0.25) is 4.57 Å². The number of aromatic nitrogens is 2. The summed E-state index contributed by atoms with van der Waals surface area (Å²) < 4.78 is 17.8. The second kappa shape index (κ2) is 12.1. The van der Waals surface area contributed by atoms with E-state index in [0.29, 0.717) is 0 Å². The monoisotopic (exact) mass is 678 g/mol. The molecule has 1 aromatic heterocycles. The Morgan fingerprint density at radius 2 is 1.04 bits per heavy atom. The van der Waals surface area contributed by atoms with E-state index >= 15 is 4.57 Å². The molecular formula is C45H35N2OPSi. The van der Waals surface area contributed by atoms with Gasteiger partial charge in [0.1, 0.15) is 5.82 Å². The number of hydrogen-bond donors (Lipinski definition) is 0. The fraction of sp³-hybridized carbons (Fsp3) is 0.0444. The van der Waals surface area contributed by atoms with Crippen molar-refractivity contribution in [2.45, 2.75) is 13.3 Å². The quantitative estimate of drug-likeness (QED) is 0.108. The van der Waals surface area contributed by atoms with Crippen molar-refractivity contribution >= 4 is 62.9 Å². The van der Waals surface area contributed by atoms with Gasteiger partial charge in [-0.15, -0.1) is 0 Å². The summed E-state index contributed by atoms with van der Waals surface area (Å²) >= 11 is 0. The third-order valence-electron chi connectivity index (χ3n) is 10.3. The second-order valence-electron chi connectivity index (χ2n) is 12.9. The Balaban J connectivity index is 1.27. The maximum atomic E-state index is 15.5. The van der Waals surface area contributed by atoms with Crippen molar-refractivity contribution in [2.24, 2.45) is 0 Å². The topological polar surface area (TPSA) is 34.9 Å². The molecule has 0 spiro atoms. The van der Waals surface area contributed by atoms with Crippen LogP contribution in [0, 0.1) is 0 Å². The van der Waals surface area contributed by atoms with Crippen molar-refractivity contribution in [2.75, 3.05) is 0 Å². The molecule has 0 radical (unpaired) electrons. The molecule has 240 valence electrons. The van der Waals surface area contributed by atoms with Gasteiger partial charge in [-0.05, 0) is 44.5 Å². The minimum absolute atomic E-state index is 0.760. The molecule has 0 fully saturated rings. The summed E-state index contributed by atoms with van der Waals surface area (Å²) in [5.41, 5.74) is 4.96. The Hall–Kier alpha value is -5.54. The van der Waals surface area contributed by atoms with Crippen molar-refractivity contribution in [3.63, 3.8) is 0 Å². The molecular weight excluding hydrogens is 644 g/mol. The van der Waals surface area contributed by atoms with Crippen molar-refractivity contribution in [1.29, 1.82) is 0 Å². The van der Waals surface area contributed by atoms with E-state index in [2.05, 4.69) is 145 Å². The van der Waals surface area contributed by atoms with Crippen LogP contribution in [0.3, 0.4) is 0 Å². The molecule has 0 saturated carbocycles. The lowest BCUT2D eigenvalue weighted by molar-refractivity contribution is 0.592. The standard InChI is InChI=1S/C45H35N2OPSi/c1-2-43-46-44-39(31-32-42-45(44)47(43)40-25-15-16-26-41(40)49(42,48)34-17-7-3-8-18-34)33-27-29-38(30-28-33)50(35-19-9-4-10-20-35,36-21-11-5-12-22-36)37-23-13-6-14-24-37/h3-32H,2H2,1H3. The van der Waals surface area contributed by atoms with Crippen molar-refractivity contribution in [3.8, 4) is 16.8 Å². The molecule has 5 heteroatoms. The molecule has 1 aliphatic rings. The summed E-state index contributed by atoms with van der Waals surface area (Å²) in [6.45, 7) is 2.15. The highest BCUT2D eigenvalue weighted by atomic mass is 31.2. The van der Waals surface area contributed by atoms with E-state index in [1.807, 2.05) is 48.5 Å². The minimum atomic E-state index is -3.16. The average molecular weight is 679 g/mol. The van der Waals surface area contributed by atoms with E-state index in [-0.39, 0.29) is 0 Å². The van der Waals surface area contributed by atoms with E-state index < -0.39 is 15.2 Å². The summed E-state index contributed by atoms with van der Waals surface area (Å²) in [4.78, 5) is 5.30. The van der Waals surface area contributed by atoms with Gasteiger partial charge < -0.3 is 4.57 Å². The SMILES string of the molecule is CCc1nc2c(-c3ccc([Si](c4ccccc4)(c4ccccc4)c4ccccc4)cc3)ccc3c2n1-c1ccccc1P3(=O)c1ccccc1. The van der Waals surface area contributed by atoms with Gasteiger partial charge in [0.15, 0.2) is 15.2 Å². The normalized spacial score (nSPS) is 15.1. The molecule has 1 aliphatic heterocycles. The summed E-state index contributed by atoms with van der Waals surface area (Å²) in [5, 5.41) is 7.94. The first-order valence-electron chi connectivity index (χ1n) is 17.2. The smallest absolute Gasteiger partial charge is 0.179 e. The fourth-order valence-corrected chi connectivity index (χ4v) is 15.9. The maximum absolute atomic E-state index is 15.5. The van der Waals surface area contributed by atoms with Crippen LogP contribution >= 0.6 is 7.14 Å². The second-order valence-corrected chi connectivity index (χ2v) is 19.4. The third kappa shape index (κ3) is 4.42. The first-order chi connectivity index (χ1) is 24.7. The zero-order chi connectivity index (χ0) is 33.7. The van der Waals surface area contributed by atoms with Gasteiger partial charge in [0, 0.05) is 27.9 Å². The van der Waals surface area contributed by atoms with E-state index in [1.165, 1.54) is 20.7 Å². The molecule has 50 heavy (non-hydrogen) atoms. The number of aryl methyl sites for hydroxylation is 1. The highest BCUT2D eigenvalue weighted by Crippen LogP contribution is 2.50. The number of benzene rings is 7. The van der Waals surface area contributed by atoms with E-state index in [4.69, 9.17) is 4.98 Å². The largest absolute Gasteiger partial charge is 0.308 e. The van der Waals surface area contributed by atoms with Gasteiger partial charge in [0.05, 0.1) is 16.7 Å². The molecule has 1 unspecified atom stereocenters. The first-order valence-corrected chi connectivity index (χ1v) is 20.9. The summed E-state index contributed by atoms with van der Waals surface area (Å²) in [5.74, 6) is 0.973. The van der Waals surface area contributed by atoms with E-state index in [1.54, 1.807) is 0 Å². The number of para-hydroxylation sites is 1. The van der Waals surface area contributed by atoms with E-state index in [0.717, 1.165) is 56.0 Å². The maximum Gasteiger partial charge on any atom is 0.179 e. The van der Waals surface area contributed by atoms with Gasteiger partial charge in [-0.1, -0.05) is 171 Å². The Labute approximate surface area is 293 Å². The molecule has 0 aliphatic carbocycles. The van der Waals surface area contributed by atoms with Gasteiger partial charge in [0.25, 0.3) is 0 Å². The van der Waals surface area contributed by atoms with Crippen LogP contribution in [0.5, 0.6) is 0 Å². The first kappa shape index (κ1) is 30.5. The van der Waals surface area contributed by atoms with Crippen LogP contribution in [0.2, 0.25) is 0 Å². The Morgan fingerprint density at radius 3 is 1.60 bits per heavy atom. The summed E-state index contributed by atoms with van der Waals surface area (Å²) in [6.07, 6.45) is 0.760. The Morgan fingerprint density at radius 1 is 0.540 bits per heavy atom. The molecule has 0 amide bonds. The molecule has 0 saturated heterocycles. The predicted octanol–water partition coefficient (Wildman–Crippen LogP) is 6.59. The van der Waals surface area contributed by atoms with Crippen LogP contribution < -0.4 is 36.7 Å². The van der Waals surface area contributed by atoms with Crippen LogP contribution in [-0.4, -0.2) is 17.6 Å².